The average Bonchev–Trinajstić information content (AvgIpc) is 3.18. The van der Waals surface area contributed by atoms with Crippen molar-refractivity contribution in [2.24, 2.45) is 7.05 Å². The van der Waals surface area contributed by atoms with Crippen molar-refractivity contribution in [2.75, 3.05) is 24.8 Å². The van der Waals surface area contributed by atoms with Crippen LogP contribution in [-0.4, -0.2) is 51.2 Å². The molecule has 0 aliphatic carbocycles. The molecule has 174 valence electrons. The normalized spacial score (nSPS) is 11.7. The summed E-state index contributed by atoms with van der Waals surface area (Å²) in [5, 5.41) is 24.6. The van der Waals surface area contributed by atoms with Crippen molar-refractivity contribution in [1.29, 1.82) is 0 Å². The lowest BCUT2D eigenvalue weighted by Gasteiger charge is -2.16. The van der Waals surface area contributed by atoms with Crippen LogP contribution in [0.2, 0.25) is 5.02 Å². The van der Waals surface area contributed by atoms with E-state index in [2.05, 4.69) is 20.8 Å². The lowest BCUT2D eigenvalue weighted by atomic mass is 10.2. The largest absolute Gasteiger partial charge is 0.497 e. The minimum Gasteiger partial charge on any atom is -0.497 e. The van der Waals surface area contributed by atoms with Gasteiger partial charge in [-0.3, -0.25) is 9.59 Å². The zero-order valence-corrected chi connectivity index (χ0v) is 19.9. The zero-order valence-electron chi connectivity index (χ0n) is 18.3. The van der Waals surface area contributed by atoms with Crippen molar-refractivity contribution in [3.63, 3.8) is 0 Å². The molecule has 0 spiro atoms. The second-order valence-electron chi connectivity index (χ2n) is 7.14. The van der Waals surface area contributed by atoms with Gasteiger partial charge < -0.3 is 25.0 Å². The number of nitrogens with zero attached hydrogens (tertiary/aromatic N) is 3. The molecule has 0 aliphatic rings. The van der Waals surface area contributed by atoms with Gasteiger partial charge in [-0.1, -0.05) is 29.4 Å². The number of methoxy groups -OCH3 is 1. The fourth-order valence-corrected chi connectivity index (χ4v) is 3.83. The van der Waals surface area contributed by atoms with Crippen molar-refractivity contribution in [3.05, 3.63) is 64.4 Å². The number of thioether (sulfide) groups is 1. The molecule has 0 bridgehead atoms. The van der Waals surface area contributed by atoms with Crippen molar-refractivity contribution in [1.82, 2.24) is 20.1 Å². The molecule has 11 heteroatoms. The molecule has 1 aromatic heterocycles. The van der Waals surface area contributed by atoms with E-state index in [9.17, 15) is 14.7 Å². The molecular formula is C22H24ClN5O4S. The van der Waals surface area contributed by atoms with E-state index in [1.54, 1.807) is 55.1 Å². The molecule has 33 heavy (non-hydrogen) atoms. The Labute approximate surface area is 200 Å². The summed E-state index contributed by atoms with van der Waals surface area (Å²) in [5.74, 6) is 0.503. The van der Waals surface area contributed by atoms with Crippen LogP contribution < -0.4 is 15.4 Å². The third-order valence-electron chi connectivity index (χ3n) is 4.81. The molecule has 0 fully saturated rings. The first-order chi connectivity index (χ1) is 15.8. The molecule has 3 rings (SSSR count). The number of halogens is 1. The predicted molar refractivity (Wildman–Crippen MR) is 127 cm³/mol. The fraction of sp³-hybridized carbons (Fsp3) is 0.273. The van der Waals surface area contributed by atoms with Crippen LogP contribution in [0.1, 0.15) is 27.8 Å². The number of nitrogens with one attached hydrogen (secondary N) is 2. The van der Waals surface area contributed by atoms with E-state index in [0.29, 0.717) is 33.0 Å². The Kier molecular flexibility index (Phi) is 8.32. The molecule has 0 unspecified atom stereocenters. The van der Waals surface area contributed by atoms with Crippen molar-refractivity contribution in [2.45, 2.75) is 18.1 Å². The molecule has 0 radical (unpaired) electrons. The number of hydrogen-bond donors (Lipinski definition) is 3. The standard InChI is InChI=1S/C22H24ClN5O4S/c1-13-4-7-15(10-17(13)23)24-19(30)12-33-22-27-26-20(28(22)2)18(11-29)25-21(31)14-5-8-16(32-3)9-6-14/h4-10,18,29H,11-12H2,1-3H3,(H,24,30)(H,25,31)/t18-/m1/s1. The van der Waals surface area contributed by atoms with Crippen molar-refractivity contribution < 1.29 is 19.4 Å². The van der Waals surface area contributed by atoms with E-state index in [-0.39, 0.29) is 24.2 Å². The maximum Gasteiger partial charge on any atom is 0.251 e. The van der Waals surface area contributed by atoms with Gasteiger partial charge in [0.25, 0.3) is 5.91 Å². The highest BCUT2D eigenvalue weighted by atomic mass is 35.5. The molecule has 3 N–H and O–H groups in total. The number of aliphatic hydroxyl groups is 1. The van der Waals surface area contributed by atoms with Gasteiger partial charge in [0, 0.05) is 23.3 Å². The van der Waals surface area contributed by atoms with Crippen LogP contribution in [0.25, 0.3) is 0 Å². The van der Waals surface area contributed by atoms with Gasteiger partial charge in [-0.25, -0.2) is 0 Å². The van der Waals surface area contributed by atoms with Gasteiger partial charge in [0.05, 0.1) is 19.5 Å². The van der Waals surface area contributed by atoms with Gasteiger partial charge in [-0.05, 0) is 48.9 Å². The molecule has 3 aromatic rings. The van der Waals surface area contributed by atoms with Crippen molar-refractivity contribution in [3.8, 4) is 5.75 Å². The third-order valence-corrected chi connectivity index (χ3v) is 6.24. The first-order valence-corrected chi connectivity index (χ1v) is 11.3. The molecule has 1 atom stereocenters. The molecule has 2 amide bonds. The number of hydrogen-bond acceptors (Lipinski definition) is 7. The van der Waals surface area contributed by atoms with Crippen LogP contribution in [0.4, 0.5) is 5.69 Å². The fourth-order valence-electron chi connectivity index (χ4n) is 2.93. The summed E-state index contributed by atoms with van der Waals surface area (Å²) in [4.78, 5) is 24.9. The highest BCUT2D eigenvalue weighted by Gasteiger charge is 2.22. The van der Waals surface area contributed by atoms with E-state index in [1.807, 2.05) is 13.0 Å². The number of ether oxygens (including phenoxy) is 1. The number of aromatic nitrogens is 3. The SMILES string of the molecule is COc1ccc(C(=O)N[C@H](CO)c2nnc(SCC(=O)Nc3ccc(C)c(Cl)c3)n2C)cc1. The number of benzene rings is 2. The van der Waals surface area contributed by atoms with Gasteiger partial charge in [0.2, 0.25) is 5.91 Å². The van der Waals surface area contributed by atoms with Crippen molar-refractivity contribution >= 4 is 40.9 Å². The van der Waals surface area contributed by atoms with Crippen LogP contribution in [0.3, 0.4) is 0 Å². The van der Waals surface area contributed by atoms with Crippen LogP contribution in [0, 0.1) is 6.92 Å². The van der Waals surface area contributed by atoms with Gasteiger partial charge in [0.15, 0.2) is 11.0 Å². The van der Waals surface area contributed by atoms with E-state index in [4.69, 9.17) is 16.3 Å². The molecule has 9 nitrogen and oxygen atoms in total. The number of carbonyl (C=O) groups excluding carboxylic acids is 2. The van der Waals surface area contributed by atoms with Crippen LogP contribution in [-0.2, 0) is 11.8 Å². The number of anilines is 1. The highest BCUT2D eigenvalue weighted by Crippen LogP contribution is 2.22. The van der Waals surface area contributed by atoms with E-state index < -0.39 is 6.04 Å². The second kappa shape index (κ2) is 11.2. The second-order valence-corrected chi connectivity index (χ2v) is 8.49. The molecule has 1 heterocycles. The Hall–Kier alpha value is -3.08. The first-order valence-electron chi connectivity index (χ1n) is 9.96. The molecule has 0 saturated heterocycles. The first kappa shape index (κ1) is 24.6. The molecule has 0 aliphatic heterocycles. The minimum atomic E-state index is -0.769. The quantitative estimate of drug-likeness (QED) is 0.395. The lowest BCUT2D eigenvalue weighted by Crippen LogP contribution is -2.32. The van der Waals surface area contributed by atoms with E-state index >= 15 is 0 Å². The number of amides is 2. The van der Waals surface area contributed by atoms with Crippen LogP contribution in [0.15, 0.2) is 47.6 Å². The summed E-state index contributed by atoms with van der Waals surface area (Å²) in [6, 6.07) is 11.1. The number of carbonyl (C=O) groups is 2. The number of aryl methyl sites for hydroxylation is 1. The van der Waals surface area contributed by atoms with Crippen LogP contribution in [0.5, 0.6) is 5.75 Å². The summed E-state index contributed by atoms with van der Waals surface area (Å²) in [6.07, 6.45) is 0. The van der Waals surface area contributed by atoms with E-state index in [0.717, 1.165) is 5.56 Å². The monoisotopic (exact) mass is 489 g/mol. The molecular weight excluding hydrogens is 466 g/mol. The summed E-state index contributed by atoms with van der Waals surface area (Å²) < 4.78 is 6.73. The van der Waals surface area contributed by atoms with Gasteiger partial charge >= 0.3 is 0 Å². The Morgan fingerprint density at radius 1 is 1.21 bits per heavy atom. The Balaban J connectivity index is 1.61. The Morgan fingerprint density at radius 2 is 1.94 bits per heavy atom. The maximum atomic E-state index is 12.6. The number of rotatable bonds is 9. The summed E-state index contributed by atoms with van der Waals surface area (Å²) >= 11 is 7.28. The Bertz CT molecular complexity index is 1140. The van der Waals surface area contributed by atoms with Crippen LogP contribution >= 0.6 is 23.4 Å². The average molecular weight is 490 g/mol. The summed E-state index contributed by atoms with van der Waals surface area (Å²) in [7, 11) is 3.25. The zero-order chi connectivity index (χ0) is 24.0. The molecule has 2 aromatic carbocycles. The summed E-state index contributed by atoms with van der Waals surface area (Å²) in [5.41, 5.74) is 1.95. The minimum absolute atomic E-state index is 0.0967. The lowest BCUT2D eigenvalue weighted by molar-refractivity contribution is -0.113. The Morgan fingerprint density at radius 3 is 2.58 bits per heavy atom. The van der Waals surface area contributed by atoms with E-state index in [1.165, 1.54) is 11.8 Å². The molecule has 0 saturated carbocycles. The smallest absolute Gasteiger partial charge is 0.251 e. The van der Waals surface area contributed by atoms with Gasteiger partial charge in [-0.2, -0.15) is 0 Å². The maximum absolute atomic E-state index is 12.6. The number of aliphatic hydroxyl groups excluding tert-OH is 1. The van der Waals surface area contributed by atoms with Gasteiger partial charge in [0.1, 0.15) is 11.8 Å². The van der Waals surface area contributed by atoms with Gasteiger partial charge in [-0.15, -0.1) is 10.2 Å². The topological polar surface area (TPSA) is 118 Å². The summed E-state index contributed by atoms with van der Waals surface area (Å²) in [6.45, 7) is 1.52. The highest BCUT2D eigenvalue weighted by molar-refractivity contribution is 7.99. The third kappa shape index (κ3) is 6.25. The predicted octanol–water partition coefficient (Wildman–Crippen LogP) is 2.98.